The minimum atomic E-state index is -0.242. The van der Waals surface area contributed by atoms with Crippen molar-refractivity contribution in [3.8, 4) is 0 Å². The molecule has 0 bridgehead atoms. The van der Waals surface area contributed by atoms with Gasteiger partial charge in [-0.15, -0.1) is 0 Å². The van der Waals surface area contributed by atoms with Crippen molar-refractivity contribution in [1.29, 1.82) is 0 Å². The van der Waals surface area contributed by atoms with E-state index in [0.29, 0.717) is 17.1 Å². The Bertz CT molecular complexity index is 529. The normalized spacial score (nSPS) is 9.83. The van der Waals surface area contributed by atoms with Crippen LogP contribution in [0.3, 0.4) is 0 Å². The van der Waals surface area contributed by atoms with E-state index in [-0.39, 0.29) is 5.91 Å². The lowest BCUT2D eigenvalue weighted by Crippen LogP contribution is -2.15. The van der Waals surface area contributed by atoms with Gasteiger partial charge in [-0.3, -0.25) is 14.8 Å². The van der Waals surface area contributed by atoms with Crippen LogP contribution in [0.5, 0.6) is 0 Å². The Labute approximate surface area is 105 Å². The van der Waals surface area contributed by atoms with Gasteiger partial charge >= 0.3 is 0 Å². The minimum Gasteiger partial charge on any atom is -0.383 e. The van der Waals surface area contributed by atoms with Gasteiger partial charge in [0.15, 0.2) is 5.82 Å². The Morgan fingerprint density at radius 1 is 1.22 bits per heavy atom. The maximum atomic E-state index is 12.1. The molecule has 18 heavy (non-hydrogen) atoms. The maximum absolute atomic E-state index is 12.1. The van der Waals surface area contributed by atoms with Crippen LogP contribution >= 0.6 is 0 Å². The van der Waals surface area contributed by atoms with E-state index >= 15 is 0 Å². The van der Waals surface area contributed by atoms with Crippen LogP contribution in [-0.4, -0.2) is 27.4 Å². The van der Waals surface area contributed by atoms with E-state index in [4.69, 9.17) is 0 Å². The fourth-order valence-corrected chi connectivity index (χ4v) is 1.47. The zero-order chi connectivity index (χ0) is 12.8. The lowest BCUT2D eigenvalue weighted by Gasteiger charge is -2.09. The summed E-state index contributed by atoms with van der Waals surface area (Å²) in [6.45, 7) is 2.68. The number of carbonyl (C=O) groups is 1. The van der Waals surface area contributed by atoms with E-state index in [1.54, 1.807) is 24.7 Å². The molecule has 0 saturated heterocycles. The summed E-state index contributed by atoms with van der Waals surface area (Å²) < 4.78 is 0. The standard InChI is InChI=1S/C12H13N5O/c1-2-15-10-7-13-4-3-9(10)12(18)17-11-8-14-5-6-16-11/h3-8,15H,2H2,1H3,(H,16,17,18). The molecule has 0 atom stereocenters. The first-order valence-corrected chi connectivity index (χ1v) is 5.56. The fraction of sp³-hybridized carbons (Fsp3) is 0.167. The first-order valence-electron chi connectivity index (χ1n) is 5.56. The second-order valence-electron chi connectivity index (χ2n) is 3.50. The van der Waals surface area contributed by atoms with Crippen LogP contribution in [0.1, 0.15) is 17.3 Å². The fourth-order valence-electron chi connectivity index (χ4n) is 1.47. The van der Waals surface area contributed by atoms with Crippen molar-refractivity contribution in [2.24, 2.45) is 0 Å². The number of hydrogen-bond donors (Lipinski definition) is 2. The molecule has 0 fully saturated rings. The highest BCUT2D eigenvalue weighted by molar-refractivity contribution is 6.07. The van der Waals surface area contributed by atoms with E-state index < -0.39 is 0 Å². The molecule has 2 N–H and O–H groups in total. The van der Waals surface area contributed by atoms with Crippen LogP contribution in [0, 0.1) is 0 Å². The molecule has 0 aromatic carbocycles. The number of amides is 1. The Kier molecular flexibility index (Phi) is 3.80. The number of nitrogens with one attached hydrogen (secondary N) is 2. The third-order valence-electron chi connectivity index (χ3n) is 2.24. The third-order valence-corrected chi connectivity index (χ3v) is 2.24. The molecule has 92 valence electrons. The zero-order valence-electron chi connectivity index (χ0n) is 9.92. The molecule has 6 nitrogen and oxygen atoms in total. The van der Waals surface area contributed by atoms with Gasteiger partial charge in [-0.25, -0.2) is 4.98 Å². The number of pyridine rings is 1. The predicted octanol–water partition coefficient (Wildman–Crippen LogP) is 1.56. The minimum absolute atomic E-state index is 0.242. The van der Waals surface area contributed by atoms with E-state index in [1.807, 2.05) is 6.92 Å². The number of aromatic nitrogens is 3. The SMILES string of the molecule is CCNc1cnccc1C(=O)Nc1cnccn1. The van der Waals surface area contributed by atoms with Gasteiger partial charge in [-0.2, -0.15) is 0 Å². The molecular formula is C12H13N5O. The third kappa shape index (κ3) is 2.79. The van der Waals surface area contributed by atoms with Gasteiger partial charge in [0.2, 0.25) is 0 Å². The molecule has 0 spiro atoms. The van der Waals surface area contributed by atoms with Crippen molar-refractivity contribution in [3.05, 3.63) is 42.6 Å². The molecule has 0 aliphatic heterocycles. The molecule has 0 aliphatic rings. The van der Waals surface area contributed by atoms with Gasteiger partial charge in [0, 0.05) is 25.1 Å². The molecule has 0 unspecified atom stereocenters. The summed E-state index contributed by atoms with van der Waals surface area (Å²) in [6.07, 6.45) is 7.76. The molecule has 0 aliphatic carbocycles. The first-order chi connectivity index (χ1) is 8.81. The van der Waals surface area contributed by atoms with Crippen LogP contribution in [0.4, 0.5) is 11.5 Å². The Hall–Kier alpha value is -2.50. The number of anilines is 2. The van der Waals surface area contributed by atoms with Gasteiger partial charge in [0.25, 0.3) is 5.91 Å². The molecule has 2 aromatic rings. The monoisotopic (exact) mass is 243 g/mol. The Morgan fingerprint density at radius 2 is 2.06 bits per heavy atom. The van der Waals surface area contributed by atoms with Crippen molar-refractivity contribution in [2.75, 3.05) is 17.2 Å². The molecule has 1 amide bonds. The zero-order valence-corrected chi connectivity index (χ0v) is 9.92. The lowest BCUT2D eigenvalue weighted by atomic mass is 10.2. The van der Waals surface area contributed by atoms with E-state index in [9.17, 15) is 4.79 Å². The number of carbonyl (C=O) groups excluding carboxylic acids is 1. The lowest BCUT2D eigenvalue weighted by molar-refractivity contribution is 0.102. The van der Waals surface area contributed by atoms with Crippen molar-refractivity contribution < 1.29 is 4.79 Å². The van der Waals surface area contributed by atoms with Gasteiger partial charge in [-0.05, 0) is 13.0 Å². The molecule has 2 rings (SSSR count). The predicted molar refractivity (Wildman–Crippen MR) is 68.4 cm³/mol. The van der Waals surface area contributed by atoms with Crippen molar-refractivity contribution >= 4 is 17.4 Å². The van der Waals surface area contributed by atoms with Crippen molar-refractivity contribution in [3.63, 3.8) is 0 Å². The number of rotatable bonds is 4. The maximum Gasteiger partial charge on any atom is 0.259 e. The number of hydrogen-bond acceptors (Lipinski definition) is 5. The van der Waals surface area contributed by atoms with Crippen molar-refractivity contribution in [1.82, 2.24) is 15.0 Å². The van der Waals surface area contributed by atoms with Crippen molar-refractivity contribution in [2.45, 2.75) is 6.92 Å². The van der Waals surface area contributed by atoms with Crippen LogP contribution in [0.25, 0.3) is 0 Å². The topological polar surface area (TPSA) is 79.8 Å². The van der Waals surface area contributed by atoms with Crippen LogP contribution in [0.15, 0.2) is 37.1 Å². The summed E-state index contributed by atoms with van der Waals surface area (Å²) in [5, 5.41) is 5.76. The smallest absolute Gasteiger partial charge is 0.259 e. The van der Waals surface area contributed by atoms with E-state index in [0.717, 1.165) is 6.54 Å². The number of nitrogens with zero attached hydrogens (tertiary/aromatic N) is 3. The van der Waals surface area contributed by atoms with Crippen LogP contribution in [0.2, 0.25) is 0 Å². The van der Waals surface area contributed by atoms with Crippen LogP contribution in [-0.2, 0) is 0 Å². The Balaban J connectivity index is 2.19. The summed E-state index contributed by atoms with van der Waals surface area (Å²) >= 11 is 0. The summed E-state index contributed by atoms with van der Waals surface area (Å²) in [5.41, 5.74) is 1.22. The summed E-state index contributed by atoms with van der Waals surface area (Å²) in [6, 6.07) is 1.66. The summed E-state index contributed by atoms with van der Waals surface area (Å²) in [7, 11) is 0. The summed E-state index contributed by atoms with van der Waals surface area (Å²) in [4.78, 5) is 23.9. The molecule has 2 aromatic heterocycles. The molecular weight excluding hydrogens is 230 g/mol. The average molecular weight is 243 g/mol. The largest absolute Gasteiger partial charge is 0.383 e. The Morgan fingerprint density at radius 3 is 2.78 bits per heavy atom. The van der Waals surface area contributed by atoms with Gasteiger partial charge < -0.3 is 10.6 Å². The van der Waals surface area contributed by atoms with Gasteiger partial charge in [0.05, 0.1) is 23.6 Å². The quantitative estimate of drug-likeness (QED) is 0.851. The van der Waals surface area contributed by atoms with Crippen LogP contribution < -0.4 is 10.6 Å². The second kappa shape index (κ2) is 5.72. The molecule has 6 heteroatoms. The van der Waals surface area contributed by atoms with Gasteiger partial charge in [-0.1, -0.05) is 0 Å². The van der Waals surface area contributed by atoms with E-state index in [1.165, 1.54) is 12.4 Å². The molecule has 0 saturated carbocycles. The first kappa shape index (κ1) is 12.0. The highest BCUT2D eigenvalue weighted by Gasteiger charge is 2.11. The van der Waals surface area contributed by atoms with Gasteiger partial charge in [0.1, 0.15) is 0 Å². The molecule has 2 heterocycles. The molecule has 0 radical (unpaired) electrons. The highest BCUT2D eigenvalue weighted by atomic mass is 16.1. The second-order valence-corrected chi connectivity index (χ2v) is 3.50. The average Bonchev–Trinajstić information content (AvgIpc) is 2.41. The summed E-state index contributed by atoms with van der Waals surface area (Å²) in [5.74, 6) is 0.176. The highest BCUT2D eigenvalue weighted by Crippen LogP contribution is 2.14. The van der Waals surface area contributed by atoms with E-state index in [2.05, 4.69) is 25.6 Å².